The van der Waals surface area contributed by atoms with E-state index in [9.17, 15) is 18.0 Å². The minimum absolute atomic E-state index is 0.0953. The van der Waals surface area contributed by atoms with E-state index >= 15 is 0 Å². The number of alkyl halides is 3. The molecule has 0 spiro atoms. The minimum Gasteiger partial charge on any atom is -0.406 e. The number of benzene rings is 1. The maximum Gasteiger partial charge on any atom is 0.573 e. The van der Waals surface area contributed by atoms with Crippen LogP contribution in [-0.2, 0) is 10.5 Å². The van der Waals surface area contributed by atoms with Gasteiger partial charge in [0.05, 0.1) is 0 Å². The Labute approximate surface area is 199 Å². The van der Waals surface area contributed by atoms with E-state index in [0.29, 0.717) is 23.1 Å². The Morgan fingerprint density at radius 1 is 1.18 bits per heavy atom. The second kappa shape index (κ2) is 10.1. The Hall–Kier alpha value is -3.58. The molecular formula is C21H16F3N5O3S2. The molecule has 0 bridgehead atoms. The highest BCUT2D eigenvalue weighted by Gasteiger charge is 2.31. The molecule has 0 aliphatic carbocycles. The number of carbonyl (C=O) groups excluding carboxylic acids is 1. The number of anilines is 3. The average molecular weight is 508 g/mol. The van der Waals surface area contributed by atoms with Gasteiger partial charge in [0, 0.05) is 29.5 Å². The molecule has 3 heterocycles. The Balaban J connectivity index is 1.40. The number of pyridine rings is 1. The molecule has 4 aromatic rings. The van der Waals surface area contributed by atoms with Gasteiger partial charge in [-0.2, -0.15) is 0 Å². The van der Waals surface area contributed by atoms with Crippen LogP contribution in [0.15, 0.2) is 63.4 Å². The summed E-state index contributed by atoms with van der Waals surface area (Å²) in [5, 5.41) is 15.4. The summed E-state index contributed by atoms with van der Waals surface area (Å²) in [5.41, 5.74) is 1.44. The van der Waals surface area contributed by atoms with Gasteiger partial charge in [-0.3, -0.25) is 4.79 Å². The number of aromatic nitrogens is 3. The van der Waals surface area contributed by atoms with Crippen molar-refractivity contribution in [2.24, 2.45) is 0 Å². The number of thiophene rings is 1. The normalized spacial score (nSPS) is 11.3. The summed E-state index contributed by atoms with van der Waals surface area (Å²) in [7, 11) is 0. The number of carbonyl (C=O) groups is 1. The molecule has 176 valence electrons. The van der Waals surface area contributed by atoms with Crippen LogP contribution in [0, 0.1) is 0 Å². The van der Waals surface area contributed by atoms with Crippen LogP contribution in [-0.4, -0.2) is 27.5 Å². The monoisotopic (exact) mass is 507 g/mol. The summed E-state index contributed by atoms with van der Waals surface area (Å²) in [5.74, 6) is 0.906. The molecule has 1 aromatic carbocycles. The molecule has 0 saturated carbocycles. The largest absolute Gasteiger partial charge is 0.573 e. The van der Waals surface area contributed by atoms with Gasteiger partial charge in [-0.05, 0) is 53.4 Å². The first-order valence-corrected chi connectivity index (χ1v) is 11.5. The first-order valence-electron chi connectivity index (χ1n) is 9.65. The molecule has 3 aromatic heterocycles. The fourth-order valence-corrected chi connectivity index (χ4v) is 4.77. The number of ether oxygens (including phenoxy) is 1. The summed E-state index contributed by atoms with van der Waals surface area (Å²) in [6.45, 7) is 1.42. The SMILES string of the molecule is CC(=O)Nc1cc(CSc2ccsc2-c2nnc(Nc3ccc(OC(F)(F)F)cc3)o2)ccn1. The van der Waals surface area contributed by atoms with Crippen LogP contribution in [0.1, 0.15) is 12.5 Å². The van der Waals surface area contributed by atoms with Gasteiger partial charge in [-0.1, -0.05) is 5.10 Å². The molecule has 2 N–H and O–H groups in total. The summed E-state index contributed by atoms with van der Waals surface area (Å²) in [6.07, 6.45) is -3.12. The number of hydrogen-bond donors (Lipinski definition) is 2. The Bertz CT molecular complexity index is 1280. The van der Waals surface area contributed by atoms with Crippen LogP contribution in [0.4, 0.5) is 30.7 Å². The van der Waals surface area contributed by atoms with Crippen molar-refractivity contribution in [3.8, 4) is 16.5 Å². The Morgan fingerprint density at radius 3 is 2.71 bits per heavy atom. The van der Waals surface area contributed by atoms with Crippen molar-refractivity contribution in [1.82, 2.24) is 15.2 Å². The number of nitrogens with one attached hydrogen (secondary N) is 2. The highest BCUT2D eigenvalue weighted by molar-refractivity contribution is 7.98. The zero-order valence-corrected chi connectivity index (χ0v) is 19.1. The van der Waals surface area contributed by atoms with Gasteiger partial charge in [0.2, 0.25) is 5.91 Å². The lowest BCUT2D eigenvalue weighted by Gasteiger charge is -2.09. The molecule has 0 saturated heterocycles. The average Bonchev–Trinajstić information content (AvgIpc) is 3.41. The van der Waals surface area contributed by atoms with Crippen LogP contribution in [0.5, 0.6) is 5.75 Å². The second-order valence-electron chi connectivity index (χ2n) is 6.74. The zero-order chi connectivity index (χ0) is 24.1. The molecule has 0 radical (unpaired) electrons. The number of halogens is 3. The van der Waals surface area contributed by atoms with Crippen molar-refractivity contribution < 1.29 is 27.1 Å². The molecule has 1 amide bonds. The van der Waals surface area contributed by atoms with Crippen LogP contribution in [0.25, 0.3) is 10.8 Å². The molecule has 0 atom stereocenters. The van der Waals surface area contributed by atoms with Gasteiger partial charge in [-0.25, -0.2) is 4.98 Å². The first-order chi connectivity index (χ1) is 16.2. The standard InChI is InChI=1S/C21H16F3N5O3S2/c1-12(30)26-17-10-13(6-8-25-17)11-34-16-7-9-33-18(16)19-28-29-20(31-19)27-14-2-4-15(5-3-14)32-21(22,23)24/h2-10H,11H2,1H3,(H,27,29)(H,25,26,30). The van der Waals surface area contributed by atoms with E-state index in [-0.39, 0.29) is 17.7 Å². The van der Waals surface area contributed by atoms with Gasteiger partial charge in [-0.15, -0.1) is 41.4 Å². The van der Waals surface area contributed by atoms with Crippen molar-refractivity contribution in [1.29, 1.82) is 0 Å². The van der Waals surface area contributed by atoms with Gasteiger partial charge in [0.25, 0.3) is 5.89 Å². The molecule has 0 aliphatic heterocycles. The first kappa shape index (κ1) is 23.6. The molecule has 0 unspecified atom stereocenters. The van der Waals surface area contributed by atoms with Gasteiger partial charge in [0.15, 0.2) is 0 Å². The Morgan fingerprint density at radius 2 is 1.97 bits per heavy atom. The lowest BCUT2D eigenvalue weighted by Crippen LogP contribution is -2.16. The number of rotatable bonds is 8. The topological polar surface area (TPSA) is 102 Å². The van der Waals surface area contributed by atoms with Crippen molar-refractivity contribution in [3.05, 3.63) is 59.6 Å². The van der Waals surface area contributed by atoms with E-state index < -0.39 is 6.36 Å². The van der Waals surface area contributed by atoms with E-state index in [4.69, 9.17) is 4.42 Å². The van der Waals surface area contributed by atoms with E-state index in [0.717, 1.165) is 15.3 Å². The number of hydrogen-bond acceptors (Lipinski definition) is 9. The molecular weight excluding hydrogens is 491 g/mol. The maximum absolute atomic E-state index is 12.3. The molecule has 13 heteroatoms. The van der Waals surface area contributed by atoms with Gasteiger partial charge in [0.1, 0.15) is 16.4 Å². The summed E-state index contributed by atoms with van der Waals surface area (Å²) in [4.78, 5) is 17.1. The Kier molecular flexibility index (Phi) is 7.03. The van der Waals surface area contributed by atoms with Crippen molar-refractivity contribution in [2.45, 2.75) is 23.9 Å². The smallest absolute Gasteiger partial charge is 0.406 e. The molecule has 4 rings (SSSR count). The summed E-state index contributed by atoms with van der Waals surface area (Å²) >= 11 is 3.00. The molecule has 0 fully saturated rings. The second-order valence-corrected chi connectivity index (χ2v) is 8.68. The van der Waals surface area contributed by atoms with Crippen molar-refractivity contribution in [3.63, 3.8) is 0 Å². The van der Waals surface area contributed by atoms with E-state index in [1.165, 1.54) is 42.5 Å². The number of amides is 1. The predicted octanol–water partition coefficient (Wildman–Crippen LogP) is 6.09. The quantitative estimate of drug-likeness (QED) is 0.277. The fourth-order valence-electron chi connectivity index (χ4n) is 2.77. The summed E-state index contributed by atoms with van der Waals surface area (Å²) in [6, 6.07) is 10.9. The van der Waals surface area contributed by atoms with Crippen LogP contribution in [0.3, 0.4) is 0 Å². The molecule has 8 nitrogen and oxygen atoms in total. The van der Waals surface area contributed by atoms with Crippen molar-refractivity contribution in [2.75, 3.05) is 10.6 Å². The van der Waals surface area contributed by atoms with E-state index in [1.807, 2.05) is 17.5 Å². The third kappa shape index (κ3) is 6.48. The maximum atomic E-state index is 12.3. The fraction of sp³-hybridized carbons (Fsp3) is 0.143. The highest BCUT2D eigenvalue weighted by Crippen LogP contribution is 2.38. The van der Waals surface area contributed by atoms with Gasteiger partial charge < -0.3 is 19.8 Å². The minimum atomic E-state index is -4.75. The molecule has 0 aliphatic rings. The van der Waals surface area contributed by atoms with Gasteiger partial charge >= 0.3 is 12.4 Å². The lowest BCUT2D eigenvalue weighted by atomic mass is 10.3. The lowest BCUT2D eigenvalue weighted by molar-refractivity contribution is -0.274. The zero-order valence-electron chi connectivity index (χ0n) is 17.4. The van der Waals surface area contributed by atoms with Crippen LogP contribution in [0.2, 0.25) is 0 Å². The van der Waals surface area contributed by atoms with E-state index in [1.54, 1.807) is 24.0 Å². The molecule has 34 heavy (non-hydrogen) atoms. The third-order valence-electron chi connectivity index (χ3n) is 4.11. The van der Waals surface area contributed by atoms with E-state index in [2.05, 4.69) is 30.6 Å². The predicted molar refractivity (Wildman–Crippen MR) is 122 cm³/mol. The number of thioether (sulfide) groups is 1. The van der Waals surface area contributed by atoms with Crippen LogP contribution >= 0.6 is 23.1 Å². The summed E-state index contributed by atoms with van der Waals surface area (Å²) < 4.78 is 46.4. The van der Waals surface area contributed by atoms with Crippen LogP contribution < -0.4 is 15.4 Å². The van der Waals surface area contributed by atoms with Crippen molar-refractivity contribution >= 4 is 46.5 Å². The third-order valence-corrected chi connectivity index (χ3v) is 6.27. The highest BCUT2D eigenvalue weighted by atomic mass is 32.2. The number of nitrogens with zero attached hydrogens (tertiary/aromatic N) is 3.